The van der Waals surface area contributed by atoms with Crippen LogP contribution in [0.15, 0.2) is 24.3 Å². The zero-order valence-electron chi connectivity index (χ0n) is 9.86. The first-order chi connectivity index (χ1) is 8.13. The minimum absolute atomic E-state index is 0.0172. The molecule has 4 nitrogen and oxygen atoms in total. The van der Waals surface area contributed by atoms with Crippen molar-refractivity contribution in [3.8, 4) is 0 Å². The number of carbonyl (C=O) groups excluding carboxylic acids is 2. The molecule has 0 radical (unpaired) electrons. The van der Waals surface area contributed by atoms with Crippen LogP contribution in [-0.4, -0.2) is 31.6 Å². The van der Waals surface area contributed by atoms with Gasteiger partial charge in [-0.05, 0) is 25.0 Å². The monoisotopic (exact) mass is 234 g/mol. The molecule has 17 heavy (non-hydrogen) atoms. The first-order valence-electron chi connectivity index (χ1n) is 5.41. The lowest BCUT2D eigenvalue weighted by atomic mass is 10.0. The first-order valence-corrected chi connectivity index (χ1v) is 5.41. The third-order valence-electron chi connectivity index (χ3n) is 3.08. The molecule has 0 amide bonds. The van der Waals surface area contributed by atoms with Crippen molar-refractivity contribution in [3.05, 3.63) is 35.4 Å². The highest BCUT2D eigenvalue weighted by Crippen LogP contribution is 2.41. The molecule has 2 rings (SSSR count). The summed E-state index contributed by atoms with van der Waals surface area (Å²) in [6.45, 7) is 0. The molecule has 0 unspecified atom stereocenters. The summed E-state index contributed by atoms with van der Waals surface area (Å²) in [4.78, 5) is 23.3. The van der Waals surface area contributed by atoms with E-state index in [1.54, 1.807) is 31.4 Å². The highest BCUT2D eigenvalue weighted by atomic mass is 16.5. The first kappa shape index (κ1) is 11.8. The topological polar surface area (TPSA) is 52.6 Å². The van der Waals surface area contributed by atoms with Crippen LogP contribution in [0.5, 0.6) is 0 Å². The van der Waals surface area contributed by atoms with Gasteiger partial charge in [-0.15, -0.1) is 0 Å². The molecule has 0 N–H and O–H groups in total. The van der Waals surface area contributed by atoms with Crippen LogP contribution >= 0.6 is 0 Å². The molecule has 0 atom stereocenters. The van der Waals surface area contributed by atoms with Gasteiger partial charge in [-0.3, -0.25) is 4.79 Å². The summed E-state index contributed by atoms with van der Waals surface area (Å²) in [6.07, 6.45) is 1.53. The summed E-state index contributed by atoms with van der Waals surface area (Å²) in [5, 5.41) is 0. The molecule has 1 aromatic rings. The molecule has 1 fully saturated rings. The third-order valence-corrected chi connectivity index (χ3v) is 3.08. The van der Waals surface area contributed by atoms with Crippen molar-refractivity contribution >= 4 is 11.8 Å². The molecule has 1 aliphatic carbocycles. The van der Waals surface area contributed by atoms with E-state index in [9.17, 15) is 9.59 Å². The standard InChI is InChI=1S/C13H14O4/c1-16-12(15)10-5-3-9(4-6-10)11(14)13(17-2)7-8-13/h3-6H,7-8H2,1-2H3. The van der Waals surface area contributed by atoms with Crippen LogP contribution in [-0.2, 0) is 9.47 Å². The van der Waals surface area contributed by atoms with E-state index in [1.165, 1.54) is 7.11 Å². The lowest BCUT2D eigenvalue weighted by molar-refractivity contribution is 0.0515. The van der Waals surface area contributed by atoms with Crippen LogP contribution in [0.25, 0.3) is 0 Å². The average molecular weight is 234 g/mol. The lowest BCUT2D eigenvalue weighted by Gasteiger charge is -2.11. The molecule has 0 saturated heterocycles. The Morgan fingerprint density at radius 2 is 1.59 bits per heavy atom. The molecule has 90 valence electrons. The number of hydrogen-bond donors (Lipinski definition) is 0. The highest BCUT2D eigenvalue weighted by molar-refractivity contribution is 6.05. The Bertz CT molecular complexity index is 443. The molecule has 1 saturated carbocycles. The van der Waals surface area contributed by atoms with Crippen LogP contribution in [0.3, 0.4) is 0 Å². The molecule has 0 heterocycles. The van der Waals surface area contributed by atoms with E-state index in [0.717, 1.165) is 12.8 Å². The maximum atomic E-state index is 12.1. The van der Waals surface area contributed by atoms with Gasteiger partial charge in [0.1, 0.15) is 5.60 Å². The number of carbonyl (C=O) groups is 2. The van der Waals surface area contributed by atoms with Crippen molar-refractivity contribution in [3.63, 3.8) is 0 Å². The van der Waals surface area contributed by atoms with E-state index in [0.29, 0.717) is 11.1 Å². The van der Waals surface area contributed by atoms with Gasteiger partial charge in [-0.1, -0.05) is 12.1 Å². The summed E-state index contributed by atoms with van der Waals surface area (Å²) < 4.78 is 9.81. The normalized spacial score (nSPS) is 16.4. The van der Waals surface area contributed by atoms with Crippen molar-refractivity contribution in [2.24, 2.45) is 0 Å². The largest absolute Gasteiger partial charge is 0.465 e. The van der Waals surface area contributed by atoms with Crippen molar-refractivity contribution in [2.75, 3.05) is 14.2 Å². The van der Waals surface area contributed by atoms with Gasteiger partial charge in [0.2, 0.25) is 0 Å². The number of ether oxygens (including phenoxy) is 2. The maximum Gasteiger partial charge on any atom is 0.337 e. The Hall–Kier alpha value is -1.68. The number of methoxy groups -OCH3 is 2. The number of hydrogen-bond acceptors (Lipinski definition) is 4. The molecule has 0 spiro atoms. The van der Waals surface area contributed by atoms with Gasteiger partial charge >= 0.3 is 5.97 Å². The fourth-order valence-corrected chi connectivity index (χ4v) is 1.78. The van der Waals surface area contributed by atoms with Gasteiger partial charge in [-0.2, -0.15) is 0 Å². The fraction of sp³-hybridized carbons (Fsp3) is 0.385. The number of ketones is 1. The number of rotatable bonds is 4. The Morgan fingerprint density at radius 1 is 1.06 bits per heavy atom. The van der Waals surface area contributed by atoms with E-state index in [-0.39, 0.29) is 5.78 Å². The van der Waals surface area contributed by atoms with Crippen LogP contribution in [0.2, 0.25) is 0 Å². The fourth-order valence-electron chi connectivity index (χ4n) is 1.78. The summed E-state index contributed by atoms with van der Waals surface area (Å²) in [6, 6.07) is 6.44. The zero-order chi connectivity index (χ0) is 12.5. The van der Waals surface area contributed by atoms with Crippen LogP contribution in [0, 0.1) is 0 Å². The molecule has 4 heteroatoms. The van der Waals surface area contributed by atoms with E-state index in [1.807, 2.05) is 0 Å². The minimum Gasteiger partial charge on any atom is -0.465 e. The molecular formula is C13H14O4. The third kappa shape index (κ3) is 2.08. The second kappa shape index (κ2) is 4.30. The minimum atomic E-state index is -0.618. The number of benzene rings is 1. The van der Waals surface area contributed by atoms with E-state index < -0.39 is 11.6 Å². The van der Waals surface area contributed by atoms with E-state index >= 15 is 0 Å². The summed E-state index contributed by atoms with van der Waals surface area (Å²) in [7, 11) is 2.87. The summed E-state index contributed by atoms with van der Waals surface area (Å²) in [5.41, 5.74) is 0.385. The van der Waals surface area contributed by atoms with Crippen molar-refractivity contribution in [1.82, 2.24) is 0 Å². The smallest absolute Gasteiger partial charge is 0.337 e. The number of Topliss-reactive ketones (excluding diaryl/α,β-unsaturated/α-hetero) is 1. The molecule has 0 aliphatic heterocycles. The second-order valence-corrected chi connectivity index (χ2v) is 4.10. The van der Waals surface area contributed by atoms with Gasteiger partial charge in [-0.25, -0.2) is 4.79 Å². The Morgan fingerprint density at radius 3 is 2.00 bits per heavy atom. The van der Waals surface area contributed by atoms with Crippen molar-refractivity contribution in [2.45, 2.75) is 18.4 Å². The SMILES string of the molecule is COC(=O)c1ccc(C(=O)C2(OC)CC2)cc1. The molecule has 0 bridgehead atoms. The second-order valence-electron chi connectivity index (χ2n) is 4.10. The Balaban J connectivity index is 2.18. The molecule has 1 aromatic carbocycles. The highest BCUT2D eigenvalue weighted by Gasteiger charge is 2.50. The van der Waals surface area contributed by atoms with Crippen LogP contribution in [0.1, 0.15) is 33.6 Å². The molecular weight excluding hydrogens is 220 g/mol. The Kier molecular flexibility index (Phi) is 2.98. The summed E-state index contributed by atoms with van der Waals surface area (Å²) in [5.74, 6) is -0.423. The quantitative estimate of drug-likeness (QED) is 0.589. The molecule has 0 aromatic heterocycles. The zero-order valence-corrected chi connectivity index (χ0v) is 9.86. The Labute approximate surface area is 99.5 Å². The summed E-state index contributed by atoms with van der Waals surface area (Å²) >= 11 is 0. The van der Waals surface area contributed by atoms with Gasteiger partial charge in [0.25, 0.3) is 0 Å². The van der Waals surface area contributed by atoms with Gasteiger partial charge < -0.3 is 9.47 Å². The predicted octanol–water partition coefficient (Wildman–Crippen LogP) is 1.83. The average Bonchev–Trinajstić information content (AvgIpc) is 3.18. The van der Waals surface area contributed by atoms with Gasteiger partial charge in [0.05, 0.1) is 12.7 Å². The van der Waals surface area contributed by atoms with Gasteiger partial charge in [0, 0.05) is 12.7 Å². The lowest BCUT2D eigenvalue weighted by Crippen LogP contribution is -2.24. The van der Waals surface area contributed by atoms with E-state index in [2.05, 4.69) is 4.74 Å². The van der Waals surface area contributed by atoms with Crippen molar-refractivity contribution < 1.29 is 19.1 Å². The number of esters is 1. The van der Waals surface area contributed by atoms with Crippen molar-refractivity contribution in [1.29, 1.82) is 0 Å². The van der Waals surface area contributed by atoms with Crippen LogP contribution in [0.4, 0.5) is 0 Å². The van der Waals surface area contributed by atoms with Crippen LogP contribution < -0.4 is 0 Å². The van der Waals surface area contributed by atoms with Gasteiger partial charge in [0.15, 0.2) is 5.78 Å². The predicted molar refractivity (Wildman–Crippen MR) is 61.1 cm³/mol. The molecule has 1 aliphatic rings. The van der Waals surface area contributed by atoms with E-state index in [4.69, 9.17) is 4.74 Å². The maximum absolute atomic E-state index is 12.1.